The lowest BCUT2D eigenvalue weighted by Crippen LogP contribution is -2.31. The van der Waals surface area contributed by atoms with E-state index in [9.17, 15) is 0 Å². The maximum atomic E-state index is 3.79. The van der Waals surface area contributed by atoms with E-state index in [0.29, 0.717) is 0 Å². The molecule has 1 atom stereocenters. The zero-order valence-corrected chi connectivity index (χ0v) is 11.0. The van der Waals surface area contributed by atoms with E-state index in [2.05, 4.69) is 12.2 Å². The van der Waals surface area contributed by atoms with Crippen molar-refractivity contribution in [3.63, 3.8) is 0 Å². The molecule has 94 valence electrons. The molecule has 2 rings (SSSR count). The second kappa shape index (κ2) is 6.64. The van der Waals surface area contributed by atoms with Crippen molar-refractivity contribution in [2.24, 2.45) is 11.8 Å². The van der Waals surface area contributed by atoms with Gasteiger partial charge in [-0.1, -0.05) is 51.9 Å². The van der Waals surface area contributed by atoms with Crippen molar-refractivity contribution in [3.8, 4) is 0 Å². The summed E-state index contributed by atoms with van der Waals surface area (Å²) in [7, 11) is 0. The molecule has 2 aliphatic rings. The van der Waals surface area contributed by atoms with Gasteiger partial charge in [0, 0.05) is 6.04 Å². The van der Waals surface area contributed by atoms with Crippen LogP contribution in [0.15, 0.2) is 0 Å². The van der Waals surface area contributed by atoms with Gasteiger partial charge < -0.3 is 5.32 Å². The molecule has 0 aromatic rings. The first-order chi connectivity index (χ1) is 7.88. The summed E-state index contributed by atoms with van der Waals surface area (Å²) in [6, 6.07) is 0.816. The predicted molar refractivity (Wildman–Crippen MR) is 70.6 cm³/mol. The minimum absolute atomic E-state index is 0.816. The van der Waals surface area contributed by atoms with Crippen LogP contribution in [0.25, 0.3) is 0 Å². The first-order valence-electron chi connectivity index (χ1n) is 7.62. The van der Waals surface area contributed by atoms with Crippen LogP contribution >= 0.6 is 0 Å². The minimum Gasteiger partial charge on any atom is -0.314 e. The van der Waals surface area contributed by atoms with Gasteiger partial charge in [-0.3, -0.25) is 0 Å². The van der Waals surface area contributed by atoms with E-state index in [0.717, 1.165) is 17.9 Å². The Morgan fingerprint density at radius 3 is 2.38 bits per heavy atom. The second-order valence-electron chi connectivity index (χ2n) is 6.03. The lowest BCUT2D eigenvalue weighted by molar-refractivity contribution is 0.322. The number of nitrogens with one attached hydrogen (secondary N) is 1. The highest BCUT2D eigenvalue weighted by Crippen LogP contribution is 2.34. The molecule has 0 spiro atoms. The Balaban J connectivity index is 1.54. The van der Waals surface area contributed by atoms with Crippen LogP contribution in [0.3, 0.4) is 0 Å². The van der Waals surface area contributed by atoms with Gasteiger partial charge in [-0.25, -0.2) is 0 Å². The van der Waals surface area contributed by atoms with Gasteiger partial charge in [-0.05, 0) is 37.6 Å². The lowest BCUT2D eigenvalue weighted by Gasteiger charge is -2.23. The first-order valence-corrected chi connectivity index (χ1v) is 7.62. The van der Waals surface area contributed by atoms with Crippen molar-refractivity contribution in [1.29, 1.82) is 0 Å². The molecule has 0 heterocycles. The number of rotatable bonds is 7. The molecule has 0 amide bonds. The van der Waals surface area contributed by atoms with Crippen LogP contribution in [0.2, 0.25) is 0 Å². The van der Waals surface area contributed by atoms with Crippen molar-refractivity contribution in [1.82, 2.24) is 5.32 Å². The van der Waals surface area contributed by atoms with Gasteiger partial charge in [0.15, 0.2) is 0 Å². The maximum absolute atomic E-state index is 3.79. The van der Waals surface area contributed by atoms with Gasteiger partial charge in [-0.2, -0.15) is 0 Å². The third-order valence-corrected chi connectivity index (χ3v) is 4.52. The quantitative estimate of drug-likeness (QED) is 0.684. The molecule has 0 bridgehead atoms. The molecule has 0 aromatic heterocycles. The van der Waals surface area contributed by atoms with Crippen LogP contribution in [0.5, 0.6) is 0 Å². The van der Waals surface area contributed by atoms with Crippen molar-refractivity contribution in [3.05, 3.63) is 0 Å². The van der Waals surface area contributed by atoms with Crippen LogP contribution in [0, 0.1) is 11.8 Å². The molecule has 2 fully saturated rings. The van der Waals surface area contributed by atoms with Crippen molar-refractivity contribution in [2.75, 3.05) is 6.54 Å². The Morgan fingerprint density at radius 1 is 1.00 bits per heavy atom. The molecule has 1 nitrogen and oxygen atoms in total. The van der Waals surface area contributed by atoms with Crippen LogP contribution in [-0.2, 0) is 0 Å². The zero-order chi connectivity index (χ0) is 11.2. The molecule has 1 heteroatoms. The maximum Gasteiger partial charge on any atom is 0.00670 e. The molecule has 1 unspecified atom stereocenters. The van der Waals surface area contributed by atoms with Gasteiger partial charge in [0.2, 0.25) is 0 Å². The van der Waals surface area contributed by atoms with Crippen LogP contribution in [0.4, 0.5) is 0 Å². The van der Waals surface area contributed by atoms with Gasteiger partial charge in [0.25, 0.3) is 0 Å². The highest BCUT2D eigenvalue weighted by molar-refractivity contribution is 4.79. The SMILES string of the molecule is CCC(CC1CC1)NCCC1CCCCC1. The number of hydrogen-bond donors (Lipinski definition) is 1. The third kappa shape index (κ3) is 4.45. The summed E-state index contributed by atoms with van der Waals surface area (Å²) in [6.45, 7) is 3.61. The molecule has 16 heavy (non-hydrogen) atoms. The Labute approximate surface area is 101 Å². The summed E-state index contributed by atoms with van der Waals surface area (Å²) >= 11 is 0. The standard InChI is InChI=1S/C15H29N/c1-2-15(12-14-8-9-14)16-11-10-13-6-4-3-5-7-13/h13-16H,2-12H2,1H3. The Morgan fingerprint density at radius 2 is 1.75 bits per heavy atom. The van der Waals surface area contributed by atoms with Gasteiger partial charge in [0.05, 0.1) is 0 Å². The molecular formula is C15H29N. The molecule has 0 radical (unpaired) electrons. The van der Waals surface area contributed by atoms with Crippen molar-refractivity contribution < 1.29 is 0 Å². The van der Waals surface area contributed by atoms with E-state index in [1.54, 1.807) is 0 Å². The normalized spacial score (nSPS) is 24.6. The highest BCUT2D eigenvalue weighted by Gasteiger charge is 2.24. The summed E-state index contributed by atoms with van der Waals surface area (Å²) < 4.78 is 0. The summed E-state index contributed by atoms with van der Waals surface area (Å²) in [5.41, 5.74) is 0. The van der Waals surface area contributed by atoms with Crippen LogP contribution in [-0.4, -0.2) is 12.6 Å². The Bertz CT molecular complexity index is 180. The van der Waals surface area contributed by atoms with Crippen LogP contribution in [0.1, 0.15) is 71.1 Å². The van der Waals surface area contributed by atoms with Crippen molar-refractivity contribution >= 4 is 0 Å². The first kappa shape index (κ1) is 12.4. The largest absolute Gasteiger partial charge is 0.314 e. The van der Waals surface area contributed by atoms with E-state index >= 15 is 0 Å². The molecule has 2 aliphatic carbocycles. The lowest BCUT2D eigenvalue weighted by atomic mass is 9.87. The average Bonchev–Trinajstić information content (AvgIpc) is 3.13. The van der Waals surface area contributed by atoms with E-state index < -0.39 is 0 Å². The van der Waals surface area contributed by atoms with Gasteiger partial charge in [0.1, 0.15) is 0 Å². The predicted octanol–water partition coefficient (Wildman–Crippen LogP) is 4.13. The molecule has 0 aliphatic heterocycles. The number of hydrogen-bond acceptors (Lipinski definition) is 1. The van der Waals surface area contributed by atoms with E-state index in [4.69, 9.17) is 0 Å². The van der Waals surface area contributed by atoms with E-state index in [1.807, 2.05) is 0 Å². The smallest absolute Gasteiger partial charge is 0.00670 e. The molecule has 1 N–H and O–H groups in total. The topological polar surface area (TPSA) is 12.0 Å². The van der Waals surface area contributed by atoms with Crippen molar-refractivity contribution in [2.45, 2.75) is 77.2 Å². The van der Waals surface area contributed by atoms with E-state index in [-0.39, 0.29) is 0 Å². The third-order valence-electron chi connectivity index (χ3n) is 4.52. The zero-order valence-electron chi connectivity index (χ0n) is 11.0. The molecule has 0 aromatic carbocycles. The average molecular weight is 223 g/mol. The highest BCUT2D eigenvalue weighted by atomic mass is 14.9. The Kier molecular flexibility index (Phi) is 5.15. The summed E-state index contributed by atoms with van der Waals surface area (Å²) in [5.74, 6) is 2.12. The monoisotopic (exact) mass is 223 g/mol. The fourth-order valence-electron chi connectivity index (χ4n) is 3.12. The van der Waals surface area contributed by atoms with Gasteiger partial charge in [-0.15, -0.1) is 0 Å². The fourth-order valence-corrected chi connectivity index (χ4v) is 3.12. The fraction of sp³-hybridized carbons (Fsp3) is 1.00. The molecule has 2 saturated carbocycles. The minimum atomic E-state index is 0.816. The summed E-state index contributed by atoms with van der Waals surface area (Å²) in [4.78, 5) is 0. The summed E-state index contributed by atoms with van der Waals surface area (Å²) in [5, 5.41) is 3.79. The van der Waals surface area contributed by atoms with E-state index in [1.165, 1.54) is 70.8 Å². The molecule has 0 saturated heterocycles. The van der Waals surface area contributed by atoms with Gasteiger partial charge >= 0.3 is 0 Å². The molecular weight excluding hydrogens is 194 g/mol. The Hall–Kier alpha value is -0.0400. The second-order valence-corrected chi connectivity index (χ2v) is 6.03. The van der Waals surface area contributed by atoms with Crippen LogP contribution < -0.4 is 5.32 Å². The summed E-state index contributed by atoms with van der Waals surface area (Å²) in [6.07, 6.45) is 14.7.